The van der Waals surface area contributed by atoms with Gasteiger partial charge in [0.15, 0.2) is 0 Å². The summed E-state index contributed by atoms with van der Waals surface area (Å²) in [5.41, 5.74) is 2.25. The molecule has 2 aromatic rings. The minimum Gasteiger partial charge on any atom is -0.322 e. The second-order valence-corrected chi connectivity index (χ2v) is 3.54. The maximum Gasteiger partial charge on any atom is 0.258 e. The summed E-state index contributed by atoms with van der Waals surface area (Å²) in [6.07, 6.45) is 3.02. The van der Waals surface area contributed by atoms with Crippen molar-refractivity contribution < 1.29 is 4.79 Å². The van der Waals surface area contributed by atoms with Gasteiger partial charge < -0.3 is 5.32 Å². The number of hydrogen-bond acceptors (Lipinski definition) is 2. The zero-order valence-electron chi connectivity index (χ0n) is 8.40. The third-order valence-electron chi connectivity index (χ3n) is 2.13. The van der Waals surface area contributed by atoms with Crippen molar-refractivity contribution in [1.29, 1.82) is 0 Å². The fourth-order valence-corrected chi connectivity index (χ4v) is 1.43. The molecule has 4 nitrogen and oxygen atoms in total. The fourth-order valence-electron chi connectivity index (χ4n) is 1.26. The van der Waals surface area contributed by atoms with Crippen molar-refractivity contribution in [3.63, 3.8) is 0 Å². The first-order valence-corrected chi connectivity index (χ1v) is 5.28. The molecular formula is C11H10ClN3O. The summed E-state index contributed by atoms with van der Waals surface area (Å²) in [5.74, 6) is 0.281. The van der Waals surface area contributed by atoms with E-state index in [0.717, 1.165) is 11.3 Å². The van der Waals surface area contributed by atoms with Crippen molar-refractivity contribution in [2.75, 3.05) is 5.32 Å². The van der Waals surface area contributed by atoms with Crippen molar-refractivity contribution >= 4 is 23.2 Å². The van der Waals surface area contributed by atoms with Gasteiger partial charge in [0.25, 0.3) is 5.91 Å². The van der Waals surface area contributed by atoms with Gasteiger partial charge in [0, 0.05) is 17.8 Å². The summed E-state index contributed by atoms with van der Waals surface area (Å²) < 4.78 is 0. The second-order valence-electron chi connectivity index (χ2n) is 3.27. The number of H-pyrrole nitrogens is 1. The average Bonchev–Trinajstić information content (AvgIpc) is 2.83. The molecule has 16 heavy (non-hydrogen) atoms. The van der Waals surface area contributed by atoms with Crippen LogP contribution < -0.4 is 5.32 Å². The maximum atomic E-state index is 11.6. The van der Waals surface area contributed by atoms with E-state index in [1.165, 1.54) is 6.20 Å². The minimum atomic E-state index is -0.188. The van der Waals surface area contributed by atoms with Crippen LogP contribution in [0.15, 0.2) is 36.7 Å². The number of carbonyl (C=O) groups excluding carboxylic acids is 1. The van der Waals surface area contributed by atoms with E-state index < -0.39 is 0 Å². The molecular weight excluding hydrogens is 226 g/mol. The lowest BCUT2D eigenvalue weighted by Crippen LogP contribution is -2.10. The summed E-state index contributed by atoms with van der Waals surface area (Å²) in [4.78, 5) is 11.6. The highest BCUT2D eigenvalue weighted by Crippen LogP contribution is 2.12. The number of rotatable bonds is 3. The number of halogens is 1. The van der Waals surface area contributed by atoms with Crippen molar-refractivity contribution in [3.05, 3.63) is 47.8 Å². The van der Waals surface area contributed by atoms with Crippen LogP contribution in [0.3, 0.4) is 0 Å². The van der Waals surface area contributed by atoms with Gasteiger partial charge in [-0.15, -0.1) is 11.6 Å². The molecule has 0 saturated carbocycles. The number of benzene rings is 1. The number of amides is 1. The summed E-state index contributed by atoms with van der Waals surface area (Å²) in [5, 5.41) is 9.05. The zero-order valence-corrected chi connectivity index (χ0v) is 9.16. The lowest BCUT2D eigenvalue weighted by Gasteiger charge is -2.03. The predicted molar refractivity (Wildman–Crippen MR) is 62.5 cm³/mol. The molecule has 1 aromatic carbocycles. The molecule has 0 aliphatic heterocycles. The van der Waals surface area contributed by atoms with Crippen LogP contribution in [-0.2, 0) is 5.88 Å². The SMILES string of the molecule is O=C(Nc1ccc(CCl)cc1)c1cn[nH]c1. The Labute approximate surface area is 97.6 Å². The minimum absolute atomic E-state index is 0.188. The molecule has 82 valence electrons. The van der Waals surface area contributed by atoms with Crippen LogP contribution in [0.5, 0.6) is 0 Å². The monoisotopic (exact) mass is 235 g/mol. The van der Waals surface area contributed by atoms with Gasteiger partial charge in [-0.3, -0.25) is 9.89 Å². The number of aromatic amines is 1. The first kappa shape index (κ1) is 10.7. The Morgan fingerprint density at radius 1 is 1.38 bits per heavy atom. The van der Waals surface area contributed by atoms with Crippen LogP contribution in [-0.4, -0.2) is 16.1 Å². The van der Waals surface area contributed by atoms with Crippen LogP contribution in [0.25, 0.3) is 0 Å². The molecule has 0 radical (unpaired) electrons. The highest BCUT2D eigenvalue weighted by molar-refractivity contribution is 6.17. The first-order valence-electron chi connectivity index (χ1n) is 4.74. The van der Waals surface area contributed by atoms with Crippen LogP contribution in [0.1, 0.15) is 15.9 Å². The summed E-state index contributed by atoms with van der Waals surface area (Å²) in [6.45, 7) is 0. The van der Waals surface area contributed by atoms with E-state index in [0.29, 0.717) is 11.4 Å². The molecule has 0 unspecified atom stereocenters. The summed E-state index contributed by atoms with van der Waals surface area (Å²) in [6, 6.07) is 7.38. The summed E-state index contributed by atoms with van der Waals surface area (Å²) >= 11 is 5.67. The van der Waals surface area contributed by atoms with Gasteiger partial charge in [-0.25, -0.2) is 0 Å². The molecule has 0 atom stereocenters. The lowest BCUT2D eigenvalue weighted by molar-refractivity contribution is 0.102. The highest BCUT2D eigenvalue weighted by Gasteiger charge is 2.06. The number of aromatic nitrogens is 2. The normalized spacial score (nSPS) is 10.1. The van der Waals surface area contributed by atoms with Gasteiger partial charge in [0.05, 0.1) is 11.8 Å². The van der Waals surface area contributed by atoms with Gasteiger partial charge in [0.1, 0.15) is 0 Å². The number of anilines is 1. The van der Waals surface area contributed by atoms with Crippen LogP contribution in [0.2, 0.25) is 0 Å². The summed E-state index contributed by atoms with van der Waals surface area (Å²) in [7, 11) is 0. The van der Waals surface area contributed by atoms with E-state index in [2.05, 4.69) is 15.5 Å². The Kier molecular flexibility index (Phi) is 3.22. The van der Waals surface area contributed by atoms with Crippen LogP contribution >= 0.6 is 11.6 Å². The number of nitrogens with one attached hydrogen (secondary N) is 2. The van der Waals surface area contributed by atoms with Crippen LogP contribution in [0, 0.1) is 0 Å². The molecule has 0 bridgehead atoms. The number of hydrogen-bond donors (Lipinski definition) is 2. The quantitative estimate of drug-likeness (QED) is 0.803. The molecule has 1 heterocycles. The highest BCUT2D eigenvalue weighted by atomic mass is 35.5. The topological polar surface area (TPSA) is 57.8 Å². The van der Waals surface area contributed by atoms with E-state index in [1.54, 1.807) is 6.20 Å². The Morgan fingerprint density at radius 2 is 2.12 bits per heavy atom. The Bertz CT molecular complexity index is 464. The second kappa shape index (κ2) is 4.81. The van der Waals surface area contributed by atoms with E-state index >= 15 is 0 Å². The molecule has 2 N–H and O–H groups in total. The van der Waals surface area contributed by atoms with E-state index in [-0.39, 0.29) is 5.91 Å². The molecule has 0 aliphatic carbocycles. The molecule has 0 fully saturated rings. The van der Waals surface area contributed by atoms with Crippen molar-refractivity contribution in [3.8, 4) is 0 Å². The fraction of sp³-hybridized carbons (Fsp3) is 0.0909. The molecule has 0 spiro atoms. The van der Waals surface area contributed by atoms with Crippen molar-refractivity contribution in [2.45, 2.75) is 5.88 Å². The zero-order chi connectivity index (χ0) is 11.4. The van der Waals surface area contributed by atoms with E-state index in [4.69, 9.17) is 11.6 Å². The van der Waals surface area contributed by atoms with Crippen molar-refractivity contribution in [1.82, 2.24) is 10.2 Å². The van der Waals surface area contributed by atoms with Crippen molar-refractivity contribution in [2.24, 2.45) is 0 Å². The van der Waals surface area contributed by atoms with E-state index in [9.17, 15) is 4.79 Å². The van der Waals surface area contributed by atoms with Gasteiger partial charge in [-0.1, -0.05) is 12.1 Å². The smallest absolute Gasteiger partial charge is 0.258 e. The largest absolute Gasteiger partial charge is 0.322 e. The molecule has 1 aromatic heterocycles. The van der Waals surface area contributed by atoms with Gasteiger partial charge in [0.2, 0.25) is 0 Å². The molecule has 0 aliphatic rings. The predicted octanol–water partition coefficient (Wildman–Crippen LogP) is 2.40. The van der Waals surface area contributed by atoms with Gasteiger partial charge in [-0.05, 0) is 17.7 Å². The van der Waals surface area contributed by atoms with E-state index in [1.807, 2.05) is 24.3 Å². The van der Waals surface area contributed by atoms with Crippen LogP contribution in [0.4, 0.5) is 5.69 Å². The number of carbonyl (C=O) groups is 1. The molecule has 1 amide bonds. The van der Waals surface area contributed by atoms with Gasteiger partial charge >= 0.3 is 0 Å². The Morgan fingerprint density at radius 3 is 2.69 bits per heavy atom. The maximum absolute atomic E-state index is 11.6. The first-order chi connectivity index (χ1) is 7.79. The number of nitrogens with zero attached hydrogens (tertiary/aromatic N) is 1. The molecule has 0 saturated heterocycles. The number of alkyl halides is 1. The average molecular weight is 236 g/mol. The third kappa shape index (κ3) is 2.41. The Hall–Kier alpha value is -1.81. The Balaban J connectivity index is 2.06. The molecule has 5 heteroatoms. The van der Waals surface area contributed by atoms with Gasteiger partial charge in [-0.2, -0.15) is 5.10 Å². The lowest BCUT2D eigenvalue weighted by atomic mass is 10.2. The standard InChI is InChI=1S/C11H10ClN3O/c12-5-8-1-3-10(4-2-8)15-11(16)9-6-13-14-7-9/h1-4,6-7H,5H2,(H,13,14)(H,15,16). The molecule has 2 rings (SSSR count). The third-order valence-corrected chi connectivity index (χ3v) is 2.44.